The molecule has 0 aromatic heterocycles. The van der Waals surface area contributed by atoms with Crippen LogP contribution in [0.15, 0.2) is 0 Å². The lowest BCUT2D eigenvalue weighted by Gasteiger charge is -2.27. The summed E-state index contributed by atoms with van der Waals surface area (Å²) in [5.74, 6) is 0.896. The predicted octanol–water partition coefficient (Wildman–Crippen LogP) is 2.74. The average molecular weight is 255 g/mol. The van der Waals surface area contributed by atoms with Gasteiger partial charge in [0.15, 0.2) is 0 Å². The molecule has 106 valence electrons. The molecule has 0 radical (unpaired) electrons. The molecule has 18 heavy (non-hydrogen) atoms. The van der Waals surface area contributed by atoms with Gasteiger partial charge in [0.05, 0.1) is 19.3 Å². The van der Waals surface area contributed by atoms with Crippen molar-refractivity contribution >= 4 is 0 Å². The Bertz CT molecular complexity index is 217. The van der Waals surface area contributed by atoms with Crippen LogP contribution >= 0.6 is 0 Å². The maximum atomic E-state index is 5.70. The average Bonchev–Trinajstić information content (AvgIpc) is 2.40. The zero-order valence-corrected chi connectivity index (χ0v) is 11.8. The monoisotopic (exact) mass is 255 g/mol. The van der Waals surface area contributed by atoms with Crippen LogP contribution < -0.4 is 5.32 Å². The van der Waals surface area contributed by atoms with Crippen molar-refractivity contribution in [3.05, 3.63) is 0 Å². The Morgan fingerprint density at radius 1 is 1.17 bits per heavy atom. The van der Waals surface area contributed by atoms with Crippen LogP contribution in [0, 0.1) is 5.92 Å². The number of hydrogen-bond donors (Lipinski definition) is 1. The third-order valence-corrected chi connectivity index (χ3v) is 4.19. The van der Waals surface area contributed by atoms with E-state index in [4.69, 9.17) is 9.47 Å². The zero-order valence-electron chi connectivity index (χ0n) is 11.8. The minimum Gasteiger partial charge on any atom is -0.377 e. The van der Waals surface area contributed by atoms with E-state index in [1.54, 1.807) is 0 Å². The third-order valence-electron chi connectivity index (χ3n) is 4.19. The Labute approximate surface area is 112 Å². The minimum atomic E-state index is 0.355. The van der Waals surface area contributed by atoms with Crippen LogP contribution in [0.3, 0.4) is 0 Å². The van der Waals surface area contributed by atoms with Crippen LogP contribution in [0.4, 0.5) is 0 Å². The first kappa shape index (κ1) is 14.3. The van der Waals surface area contributed by atoms with Crippen LogP contribution in [0.5, 0.6) is 0 Å². The van der Waals surface area contributed by atoms with Crippen molar-refractivity contribution in [2.24, 2.45) is 5.92 Å². The summed E-state index contributed by atoms with van der Waals surface area (Å²) in [6, 6.07) is 0.725. The molecule has 0 bridgehead atoms. The molecule has 2 fully saturated rings. The van der Waals surface area contributed by atoms with Crippen molar-refractivity contribution in [3.63, 3.8) is 0 Å². The lowest BCUT2D eigenvalue weighted by molar-refractivity contribution is -0.0402. The smallest absolute Gasteiger partial charge is 0.0808 e. The third kappa shape index (κ3) is 5.25. The van der Waals surface area contributed by atoms with Gasteiger partial charge in [-0.1, -0.05) is 19.8 Å². The second kappa shape index (κ2) is 8.13. The molecule has 0 aromatic carbocycles. The quantitative estimate of drug-likeness (QED) is 0.740. The van der Waals surface area contributed by atoms with Gasteiger partial charge in [0, 0.05) is 19.2 Å². The Hall–Kier alpha value is -0.120. The molecule has 0 aromatic rings. The molecular formula is C15H29NO2. The van der Waals surface area contributed by atoms with Crippen LogP contribution in [0.25, 0.3) is 0 Å². The van der Waals surface area contributed by atoms with Gasteiger partial charge in [-0.15, -0.1) is 0 Å². The van der Waals surface area contributed by atoms with Gasteiger partial charge in [0.25, 0.3) is 0 Å². The predicted molar refractivity (Wildman–Crippen MR) is 73.8 cm³/mol. The fourth-order valence-electron chi connectivity index (χ4n) is 3.11. The summed E-state index contributed by atoms with van der Waals surface area (Å²) in [4.78, 5) is 0. The molecule has 3 unspecified atom stereocenters. The second-order valence-corrected chi connectivity index (χ2v) is 5.99. The highest BCUT2D eigenvalue weighted by Gasteiger charge is 2.18. The standard InChI is InChI=1S/C15H29NO2/c1-13-5-4-6-14(11-13)16-8-10-17-12-15-7-2-3-9-18-15/h13-16H,2-12H2,1H3. The normalized spacial score (nSPS) is 33.5. The minimum absolute atomic E-state index is 0.355. The van der Waals surface area contributed by atoms with Gasteiger partial charge >= 0.3 is 0 Å². The number of nitrogens with one attached hydrogen (secondary N) is 1. The maximum Gasteiger partial charge on any atom is 0.0808 e. The highest BCUT2D eigenvalue weighted by molar-refractivity contribution is 4.75. The Kier molecular flexibility index (Phi) is 6.46. The van der Waals surface area contributed by atoms with E-state index in [-0.39, 0.29) is 0 Å². The Balaban J connectivity index is 1.45. The number of rotatable bonds is 6. The van der Waals surface area contributed by atoms with E-state index >= 15 is 0 Å². The lowest BCUT2D eigenvalue weighted by Crippen LogP contribution is -2.36. The molecule has 0 amide bonds. The molecule has 1 saturated heterocycles. The van der Waals surface area contributed by atoms with E-state index in [1.165, 1.54) is 44.9 Å². The molecule has 1 heterocycles. The summed E-state index contributed by atoms with van der Waals surface area (Å²) in [5.41, 5.74) is 0. The lowest BCUT2D eigenvalue weighted by atomic mass is 9.87. The van der Waals surface area contributed by atoms with Crippen molar-refractivity contribution in [1.29, 1.82) is 0 Å². The van der Waals surface area contributed by atoms with Crippen molar-refractivity contribution in [2.75, 3.05) is 26.4 Å². The summed E-state index contributed by atoms with van der Waals surface area (Å²) in [6.45, 7) is 5.88. The SMILES string of the molecule is CC1CCCC(NCCOCC2CCCCO2)C1. The summed E-state index contributed by atoms with van der Waals surface area (Å²) in [5, 5.41) is 3.62. The molecular weight excluding hydrogens is 226 g/mol. The maximum absolute atomic E-state index is 5.70. The molecule has 1 saturated carbocycles. The first-order valence-electron chi connectivity index (χ1n) is 7.77. The summed E-state index contributed by atoms with van der Waals surface area (Å²) in [6.07, 6.45) is 9.52. The highest BCUT2D eigenvalue weighted by atomic mass is 16.5. The van der Waals surface area contributed by atoms with E-state index in [9.17, 15) is 0 Å². The van der Waals surface area contributed by atoms with Crippen LogP contribution in [-0.2, 0) is 9.47 Å². The van der Waals surface area contributed by atoms with E-state index in [0.29, 0.717) is 6.10 Å². The molecule has 3 atom stereocenters. The van der Waals surface area contributed by atoms with Crippen molar-refractivity contribution in [1.82, 2.24) is 5.32 Å². The van der Waals surface area contributed by atoms with Crippen LogP contribution in [0.2, 0.25) is 0 Å². The molecule has 2 aliphatic rings. The van der Waals surface area contributed by atoms with Gasteiger partial charge in [0.1, 0.15) is 0 Å². The second-order valence-electron chi connectivity index (χ2n) is 5.99. The van der Waals surface area contributed by atoms with E-state index in [1.807, 2.05) is 0 Å². The van der Waals surface area contributed by atoms with Gasteiger partial charge in [-0.25, -0.2) is 0 Å². The van der Waals surface area contributed by atoms with Gasteiger partial charge in [-0.05, 0) is 38.0 Å². The van der Waals surface area contributed by atoms with Gasteiger partial charge in [-0.3, -0.25) is 0 Å². The summed E-state index contributed by atoms with van der Waals surface area (Å²) in [7, 11) is 0. The largest absolute Gasteiger partial charge is 0.377 e. The summed E-state index contributed by atoms with van der Waals surface area (Å²) < 4.78 is 11.3. The molecule has 0 spiro atoms. The van der Waals surface area contributed by atoms with Crippen LogP contribution in [-0.4, -0.2) is 38.5 Å². The summed E-state index contributed by atoms with van der Waals surface area (Å²) >= 11 is 0. The molecule has 1 aliphatic carbocycles. The first-order chi connectivity index (χ1) is 8.84. The van der Waals surface area contributed by atoms with Crippen molar-refractivity contribution in [2.45, 2.75) is 64.0 Å². The molecule has 3 heteroatoms. The molecule has 1 N–H and O–H groups in total. The van der Waals surface area contributed by atoms with E-state index in [2.05, 4.69) is 12.2 Å². The Morgan fingerprint density at radius 3 is 2.89 bits per heavy atom. The fraction of sp³-hybridized carbons (Fsp3) is 1.00. The zero-order chi connectivity index (χ0) is 12.6. The Morgan fingerprint density at radius 2 is 2.11 bits per heavy atom. The fourth-order valence-corrected chi connectivity index (χ4v) is 3.11. The van der Waals surface area contributed by atoms with E-state index < -0.39 is 0 Å². The first-order valence-corrected chi connectivity index (χ1v) is 7.77. The molecule has 3 nitrogen and oxygen atoms in total. The number of ether oxygens (including phenoxy) is 2. The highest BCUT2D eigenvalue weighted by Crippen LogP contribution is 2.23. The van der Waals surface area contributed by atoms with Gasteiger partial charge in [0.2, 0.25) is 0 Å². The van der Waals surface area contributed by atoms with Crippen molar-refractivity contribution < 1.29 is 9.47 Å². The van der Waals surface area contributed by atoms with Crippen molar-refractivity contribution in [3.8, 4) is 0 Å². The van der Waals surface area contributed by atoms with Crippen LogP contribution in [0.1, 0.15) is 51.9 Å². The van der Waals surface area contributed by atoms with Gasteiger partial charge < -0.3 is 14.8 Å². The molecule has 1 aliphatic heterocycles. The van der Waals surface area contributed by atoms with Gasteiger partial charge in [-0.2, -0.15) is 0 Å². The van der Waals surface area contributed by atoms with E-state index in [0.717, 1.165) is 38.3 Å². The topological polar surface area (TPSA) is 30.5 Å². The molecule has 2 rings (SSSR count). The number of hydrogen-bond acceptors (Lipinski definition) is 3.